The van der Waals surface area contributed by atoms with Gasteiger partial charge in [-0.1, -0.05) is 12.2 Å². The van der Waals surface area contributed by atoms with Crippen molar-refractivity contribution in [3.8, 4) is 17.2 Å². The highest BCUT2D eigenvalue weighted by molar-refractivity contribution is 5.85. The highest BCUT2D eigenvalue weighted by Gasteiger charge is 2.36. The summed E-state index contributed by atoms with van der Waals surface area (Å²) < 4.78 is 16.4. The second kappa shape index (κ2) is 7.45. The number of methoxy groups -OCH3 is 3. The Labute approximate surface area is 145 Å². The quantitative estimate of drug-likeness (QED) is 0.767. The molecular weight excluding hydrogens is 314 g/mol. The molecule has 1 unspecified atom stereocenters. The minimum Gasteiger partial charge on any atom is -0.493 e. The Morgan fingerprint density at radius 2 is 1.61 bits per heavy atom. The lowest BCUT2D eigenvalue weighted by atomic mass is 9.81. The number of halogens is 1. The Hall–Kier alpha value is -1.39. The van der Waals surface area contributed by atoms with Gasteiger partial charge in [0.15, 0.2) is 11.5 Å². The highest BCUT2D eigenvalue weighted by atomic mass is 35.5. The second-order valence-electron chi connectivity index (χ2n) is 6.53. The zero-order valence-corrected chi connectivity index (χ0v) is 15.8. The maximum absolute atomic E-state index is 5.48. The Bertz CT molecular complexity index is 546. The van der Waals surface area contributed by atoms with Gasteiger partial charge in [0.2, 0.25) is 5.75 Å². The molecule has 2 rings (SSSR count). The fourth-order valence-corrected chi connectivity index (χ4v) is 3.28. The molecule has 1 aliphatic rings. The van der Waals surface area contributed by atoms with E-state index in [0.717, 1.165) is 18.4 Å². The van der Waals surface area contributed by atoms with Gasteiger partial charge in [0.05, 0.1) is 21.3 Å². The van der Waals surface area contributed by atoms with Crippen LogP contribution in [0.15, 0.2) is 24.3 Å². The van der Waals surface area contributed by atoms with Gasteiger partial charge < -0.3 is 14.2 Å². The molecule has 5 heteroatoms. The van der Waals surface area contributed by atoms with Crippen molar-refractivity contribution in [2.75, 3.05) is 28.4 Å². The summed E-state index contributed by atoms with van der Waals surface area (Å²) in [5, 5.41) is 0. The van der Waals surface area contributed by atoms with Gasteiger partial charge in [-0.15, -0.1) is 12.4 Å². The SMILES string of the molecule is C=C1CC(c2cc(OC)c(OC)c(OC)c2)N(C)C(C)(C)C1.Cl. The lowest BCUT2D eigenvalue weighted by molar-refractivity contribution is 0.0750. The number of hydrogen-bond acceptors (Lipinski definition) is 4. The van der Waals surface area contributed by atoms with Crippen LogP contribution in [-0.4, -0.2) is 38.8 Å². The molecule has 1 fully saturated rings. The maximum Gasteiger partial charge on any atom is 0.203 e. The Balaban J connectivity index is 0.00000264. The van der Waals surface area contributed by atoms with Crippen LogP contribution < -0.4 is 14.2 Å². The van der Waals surface area contributed by atoms with Gasteiger partial charge >= 0.3 is 0 Å². The molecule has 130 valence electrons. The molecule has 1 aromatic carbocycles. The molecule has 1 heterocycles. The molecule has 0 saturated carbocycles. The number of nitrogens with zero attached hydrogens (tertiary/aromatic N) is 1. The molecule has 0 amide bonds. The highest BCUT2D eigenvalue weighted by Crippen LogP contribution is 2.45. The lowest BCUT2D eigenvalue weighted by Crippen LogP contribution is -2.47. The summed E-state index contributed by atoms with van der Waals surface area (Å²) in [6.07, 6.45) is 1.96. The number of ether oxygens (including phenoxy) is 3. The van der Waals surface area contributed by atoms with E-state index in [1.807, 2.05) is 12.1 Å². The molecule has 23 heavy (non-hydrogen) atoms. The first-order chi connectivity index (χ1) is 10.3. The van der Waals surface area contributed by atoms with Crippen LogP contribution in [0.3, 0.4) is 0 Å². The molecule has 0 N–H and O–H groups in total. The van der Waals surface area contributed by atoms with Crippen LogP contribution in [0.1, 0.15) is 38.3 Å². The third-order valence-corrected chi connectivity index (χ3v) is 4.66. The second-order valence-corrected chi connectivity index (χ2v) is 6.53. The van der Waals surface area contributed by atoms with Crippen LogP contribution in [0.4, 0.5) is 0 Å². The number of rotatable bonds is 4. The first-order valence-electron chi connectivity index (χ1n) is 7.53. The largest absolute Gasteiger partial charge is 0.493 e. The van der Waals surface area contributed by atoms with Crippen molar-refractivity contribution in [2.24, 2.45) is 0 Å². The van der Waals surface area contributed by atoms with E-state index in [-0.39, 0.29) is 24.0 Å². The molecule has 1 aliphatic heterocycles. The van der Waals surface area contributed by atoms with Crippen molar-refractivity contribution < 1.29 is 14.2 Å². The zero-order valence-electron chi connectivity index (χ0n) is 14.9. The summed E-state index contributed by atoms with van der Waals surface area (Å²) >= 11 is 0. The molecule has 0 aliphatic carbocycles. The summed E-state index contributed by atoms with van der Waals surface area (Å²) in [6, 6.07) is 4.33. The third kappa shape index (κ3) is 3.75. The molecule has 0 radical (unpaired) electrons. The number of benzene rings is 1. The molecule has 0 spiro atoms. The topological polar surface area (TPSA) is 30.9 Å². The van der Waals surface area contributed by atoms with E-state index in [1.54, 1.807) is 21.3 Å². The van der Waals surface area contributed by atoms with Crippen LogP contribution in [0.25, 0.3) is 0 Å². The van der Waals surface area contributed by atoms with E-state index < -0.39 is 0 Å². The van der Waals surface area contributed by atoms with E-state index in [0.29, 0.717) is 17.2 Å². The van der Waals surface area contributed by atoms with Gasteiger partial charge in [-0.2, -0.15) is 0 Å². The fourth-order valence-electron chi connectivity index (χ4n) is 3.28. The predicted octanol–water partition coefficient (Wildman–Crippen LogP) is 4.24. The molecule has 0 aromatic heterocycles. The summed E-state index contributed by atoms with van der Waals surface area (Å²) in [5.74, 6) is 2.02. The van der Waals surface area contributed by atoms with Crippen LogP contribution in [0, 0.1) is 0 Å². The van der Waals surface area contributed by atoms with Crippen molar-refractivity contribution in [1.82, 2.24) is 4.90 Å². The van der Waals surface area contributed by atoms with Crippen molar-refractivity contribution in [3.63, 3.8) is 0 Å². The molecule has 1 aromatic rings. The summed E-state index contributed by atoms with van der Waals surface area (Å²) in [6.45, 7) is 8.73. The van der Waals surface area contributed by atoms with Crippen LogP contribution in [0.5, 0.6) is 17.2 Å². The van der Waals surface area contributed by atoms with E-state index in [2.05, 4.69) is 32.4 Å². The molecule has 1 saturated heterocycles. The molecular formula is C18H28ClNO3. The Morgan fingerprint density at radius 1 is 1.09 bits per heavy atom. The monoisotopic (exact) mass is 341 g/mol. The predicted molar refractivity (Wildman–Crippen MR) is 96.3 cm³/mol. The van der Waals surface area contributed by atoms with E-state index in [9.17, 15) is 0 Å². The fraction of sp³-hybridized carbons (Fsp3) is 0.556. The average Bonchev–Trinajstić information content (AvgIpc) is 2.48. The van der Waals surface area contributed by atoms with Gasteiger partial charge in [0.1, 0.15) is 0 Å². The van der Waals surface area contributed by atoms with Gasteiger partial charge in [0.25, 0.3) is 0 Å². The van der Waals surface area contributed by atoms with Crippen LogP contribution in [0.2, 0.25) is 0 Å². The zero-order chi connectivity index (χ0) is 16.5. The number of piperidine rings is 1. The van der Waals surface area contributed by atoms with Crippen molar-refractivity contribution in [1.29, 1.82) is 0 Å². The summed E-state index contributed by atoms with van der Waals surface area (Å²) in [4.78, 5) is 2.41. The number of hydrogen-bond donors (Lipinski definition) is 0. The van der Waals surface area contributed by atoms with Crippen molar-refractivity contribution in [2.45, 2.75) is 38.3 Å². The van der Waals surface area contributed by atoms with Crippen LogP contribution in [-0.2, 0) is 0 Å². The van der Waals surface area contributed by atoms with E-state index in [4.69, 9.17) is 14.2 Å². The Morgan fingerprint density at radius 3 is 2.04 bits per heavy atom. The van der Waals surface area contributed by atoms with E-state index >= 15 is 0 Å². The Kier molecular flexibility index (Phi) is 6.37. The molecule has 1 atom stereocenters. The van der Waals surface area contributed by atoms with Gasteiger partial charge in [-0.05, 0) is 51.4 Å². The summed E-state index contributed by atoms with van der Waals surface area (Å²) in [7, 11) is 7.08. The van der Waals surface area contributed by atoms with Gasteiger partial charge in [-0.3, -0.25) is 4.90 Å². The summed E-state index contributed by atoms with van der Waals surface area (Å²) in [5.41, 5.74) is 2.52. The first-order valence-corrected chi connectivity index (χ1v) is 7.53. The van der Waals surface area contributed by atoms with E-state index in [1.165, 1.54) is 5.57 Å². The standard InChI is InChI=1S/C18H27NO3.ClH/c1-12-8-14(19(4)18(2,3)11-12)13-9-15(20-5)17(22-7)16(10-13)21-6;/h9-10,14H,1,8,11H2,2-7H3;1H. The normalized spacial score (nSPS) is 20.6. The third-order valence-electron chi connectivity index (χ3n) is 4.66. The maximum atomic E-state index is 5.48. The lowest BCUT2D eigenvalue weighted by Gasteiger charge is -2.46. The van der Waals surface area contributed by atoms with Crippen molar-refractivity contribution >= 4 is 12.4 Å². The first kappa shape index (κ1) is 19.7. The number of likely N-dealkylation sites (tertiary alicyclic amines) is 1. The van der Waals surface area contributed by atoms with Crippen LogP contribution >= 0.6 is 12.4 Å². The smallest absolute Gasteiger partial charge is 0.203 e. The molecule has 0 bridgehead atoms. The minimum atomic E-state index is 0. The van der Waals surface area contributed by atoms with Gasteiger partial charge in [0, 0.05) is 11.6 Å². The van der Waals surface area contributed by atoms with Gasteiger partial charge in [-0.25, -0.2) is 0 Å². The minimum absolute atomic E-state index is 0. The molecule has 4 nitrogen and oxygen atoms in total. The average molecular weight is 342 g/mol. The van der Waals surface area contributed by atoms with Crippen molar-refractivity contribution in [3.05, 3.63) is 29.8 Å².